The van der Waals surface area contributed by atoms with E-state index in [1.165, 1.54) is 26.0 Å². The average Bonchev–Trinajstić information content (AvgIpc) is 2.55. The number of methoxy groups -OCH3 is 2. The van der Waals surface area contributed by atoms with Crippen LogP contribution in [0, 0.1) is 0 Å². The molecule has 0 aliphatic rings. The third kappa shape index (κ3) is 4.25. The predicted molar refractivity (Wildman–Crippen MR) is 85.9 cm³/mol. The van der Waals surface area contributed by atoms with Gasteiger partial charge >= 0.3 is 0 Å². The molecule has 0 fully saturated rings. The molecule has 1 amide bonds. The third-order valence-corrected chi connectivity index (χ3v) is 3.79. The van der Waals surface area contributed by atoms with Gasteiger partial charge in [0.25, 0.3) is 0 Å². The Morgan fingerprint density at radius 2 is 1.91 bits per heavy atom. The number of carbonyl (C=O) groups excluding carboxylic acids is 1. The van der Waals surface area contributed by atoms with Crippen LogP contribution in [0.5, 0.6) is 11.5 Å². The van der Waals surface area contributed by atoms with E-state index < -0.39 is 0 Å². The van der Waals surface area contributed by atoms with Gasteiger partial charge in [-0.05, 0) is 6.07 Å². The van der Waals surface area contributed by atoms with Crippen LogP contribution < -0.4 is 14.8 Å². The molecule has 1 N–H and O–H groups in total. The maximum Gasteiger partial charge on any atom is 0.234 e. The molecule has 8 heteroatoms. The van der Waals surface area contributed by atoms with Crippen molar-refractivity contribution in [1.29, 1.82) is 0 Å². The molecule has 2 rings (SSSR count). The second kappa shape index (κ2) is 7.86. The van der Waals surface area contributed by atoms with Crippen LogP contribution in [-0.4, -0.2) is 35.8 Å². The average molecular weight is 340 g/mol. The molecule has 0 saturated heterocycles. The molecule has 1 heterocycles. The highest BCUT2D eigenvalue weighted by molar-refractivity contribution is 7.99. The van der Waals surface area contributed by atoms with Crippen LogP contribution in [0.3, 0.4) is 0 Å². The van der Waals surface area contributed by atoms with Gasteiger partial charge in [0.2, 0.25) is 5.91 Å². The highest BCUT2D eigenvalue weighted by Crippen LogP contribution is 2.35. The lowest BCUT2D eigenvalue weighted by molar-refractivity contribution is -0.113. The van der Waals surface area contributed by atoms with Crippen LogP contribution in [0.1, 0.15) is 0 Å². The molecule has 0 aliphatic heterocycles. The molecule has 2 aromatic rings. The summed E-state index contributed by atoms with van der Waals surface area (Å²) in [6.07, 6.45) is 3.25. The first-order valence-electron chi connectivity index (χ1n) is 6.25. The number of thioether (sulfide) groups is 1. The summed E-state index contributed by atoms with van der Waals surface area (Å²) in [5.74, 6) is 0.884. The number of aromatic nitrogens is 2. The van der Waals surface area contributed by atoms with E-state index >= 15 is 0 Å². The second-order valence-corrected chi connectivity index (χ2v) is 5.40. The number of hydrogen-bond acceptors (Lipinski definition) is 6. The summed E-state index contributed by atoms with van der Waals surface area (Å²) in [6, 6.07) is 4.92. The second-order valence-electron chi connectivity index (χ2n) is 4.06. The van der Waals surface area contributed by atoms with Gasteiger partial charge in [-0.25, -0.2) is 9.97 Å². The van der Waals surface area contributed by atoms with Crippen molar-refractivity contribution in [2.45, 2.75) is 5.16 Å². The highest BCUT2D eigenvalue weighted by Gasteiger charge is 2.13. The Morgan fingerprint density at radius 3 is 2.55 bits per heavy atom. The normalized spacial score (nSPS) is 10.1. The molecule has 6 nitrogen and oxygen atoms in total. The molecule has 0 bridgehead atoms. The van der Waals surface area contributed by atoms with Crippen molar-refractivity contribution >= 4 is 35.0 Å². The fraction of sp³-hybridized carbons (Fsp3) is 0.214. The van der Waals surface area contributed by atoms with E-state index in [0.29, 0.717) is 27.4 Å². The molecule has 1 aromatic carbocycles. The van der Waals surface area contributed by atoms with Crippen LogP contribution in [-0.2, 0) is 4.79 Å². The first kappa shape index (κ1) is 16.4. The smallest absolute Gasteiger partial charge is 0.234 e. The minimum atomic E-state index is -0.208. The number of anilines is 1. The lowest BCUT2D eigenvalue weighted by atomic mass is 10.2. The summed E-state index contributed by atoms with van der Waals surface area (Å²) in [6.45, 7) is 0. The summed E-state index contributed by atoms with van der Waals surface area (Å²) < 4.78 is 10.3. The van der Waals surface area contributed by atoms with Crippen LogP contribution in [0.25, 0.3) is 0 Å². The summed E-state index contributed by atoms with van der Waals surface area (Å²) >= 11 is 7.26. The fourth-order valence-electron chi connectivity index (χ4n) is 1.63. The summed E-state index contributed by atoms with van der Waals surface area (Å²) in [7, 11) is 3.00. The van der Waals surface area contributed by atoms with Crippen molar-refractivity contribution in [1.82, 2.24) is 9.97 Å². The van der Waals surface area contributed by atoms with Crippen LogP contribution in [0.4, 0.5) is 5.69 Å². The maximum absolute atomic E-state index is 12.0. The third-order valence-electron chi connectivity index (χ3n) is 2.62. The minimum absolute atomic E-state index is 0.179. The zero-order chi connectivity index (χ0) is 15.9. The van der Waals surface area contributed by atoms with E-state index in [4.69, 9.17) is 21.1 Å². The number of ether oxygens (including phenoxy) is 2. The number of halogens is 1. The van der Waals surface area contributed by atoms with Crippen molar-refractivity contribution in [2.24, 2.45) is 0 Å². The van der Waals surface area contributed by atoms with E-state index in [1.807, 2.05) is 0 Å². The minimum Gasteiger partial charge on any atom is -0.495 e. The lowest BCUT2D eigenvalue weighted by Gasteiger charge is -2.13. The molecule has 0 aliphatic carbocycles. The molecule has 0 unspecified atom stereocenters. The van der Waals surface area contributed by atoms with Gasteiger partial charge in [-0.15, -0.1) is 0 Å². The Balaban J connectivity index is 2.04. The molecule has 22 heavy (non-hydrogen) atoms. The van der Waals surface area contributed by atoms with Gasteiger partial charge in [-0.1, -0.05) is 23.4 Å². The number of hydrogen-bond donors (Lipinski definition) is 1. The number of benzene rings is 1. The standard InChI is InChI=1S/C14H14ClN3O3S/c1-20-11-7-10(12(21-2)6-9(11)15)18-13(19)8-22-14-16-4-3-5-17-14/h3-7H,8H2,1-2H3,(H,18,19). The Hall–Kier alpha value is -1.99. The van der Waals surface area contributed by atoms with E-state index in [1.54, 1.807) is 30.6 Å². The molecular formula is C14H14ClN3O3S. The first-order valence-corrected chi connectivity index (χ1v) is 7.61. The topological polar surface area (TPSA) is 73.3 Å². The zero-order valence-electron chi connectivity index (χ0n) is 12.0. The summed E-state index contributed by atoms with van der Waals surface area (Å²) in [5, 5.41) is 3.70. The molecule has 0 atom stereocenters. The van der Waals surface area contributed by atoms with E-state index in [-0.39, 0.29) is 11.7 Å². The monoisotopic (exact) mass is 339 g/mol. The Morgan fingerprint density at radius 1 is 1.23 bits per heavy atom. The van der Waals surface area contributed by atoms with E-state index in [2.05, 4.69) is 15.3 Å². The van der Waals surface area contributed by atoms with E-state index in [9.17, 15) is 4.79 Å². The number of rotatable bonds is 6. The molecule has 0 saturated carbocycles. The largest absolute Gasteiger partial charge is 0.495 e. The van der Waals surface area contributed by atoms with Crippen molar-refractivity contribution in [2.75, 3.05) is 25.3 Å². The van der Waals surface area contributed by atoms with Gasteiger partial charge in [0.15, 0.2) is 5.16 Å². The molecule has 116 valence electrons. The highest BCUT2D eigenvalue weighted by atomic mass is 35.5. The Labute approximate surface area is 137 Å². The number of carbonyl (C=O) groups is 1. The van der Waals surface area contributed by atoms with Crippen LogP contribution >= 0.6 is 23.4 Å². The van der Waals surface area contributed by atoms with Crippen molar-refractivity contribution < 1.29 is 14.3 Å². The van der Waals surface area contributed by atoms with Gasteiger partial charge < -0.3 is 14.8 Å². The summed E-state index contributed by atoms with van der Waals surface area (Å²) in [5.41, 5.74) is 0.489. The predicted octanol–water partition coefficient (Wildman–Crippen LogP) is 2.88. The Kier molecular flexibility index (Phi) is 5.85. The molecule has 1 aromatic heterocycles. The quantitative estimate of drug-likeness (QED) is 0.644. The Bertz CT molecular complexity index is 655. The maximum atomic E-state index is 12.0. The first-order chi connectivity index (χ1) is 10.6. The zero-order valence-corrected chi connectivity index (χ0v) is 13.6. The van der Waals surface area contributed by atoms with Crippen LogP contribution in [0.15, 0.2) is 35.7 Å². The van der Waals surface area contributed by atoms with Gasteiger partial charge in [0.1, 0.15) is 11.5 Å². The van der Waals surface area contributed by atoms with Crippen molar-refractivity contribution in [3.63, 3.8) is 0 Å². The van der Waals surface area contributed by atoms with Gasteiger partial charge in [0.05, 0.1) is 30.7 Å². The molecular weight excluding hydrogens is 326 g/mol. The SMILES string of the molecule is COc1cc(NC(=O)CSc2ncccn2)c(OC)cc1Cl. The number of amides is 1. The van der Waals surface area contributed by atoms with Gasteiger partial charge in [-0.3, -0.25) is 4.79 Å². The summed E-state index contributed by atoms with van der Waals surface area (Å²) in [4.78, 5) is 20.1. The van der Waals surface area contributed by atoms with Gasteiger partial charge in [-0.2, -0.15) is 0 Å². The van der Waals surface area contributed by atoms with Crippen molar-refractivity contribution in [3.8, 4) is 11.5 Å². The lowest BCUT2D eigenvalue weighted by Crippen LogP contribution is -2.15. The number of nitrogens with one attached hydrogen (secondary N) is 1. The molecule has 0 radical (unpaired) electrons. The fourth-order valence-corrected chi connectivity index (χ4v) is 2.47. The van der Waals surface area contributed by atoms with Crippen molar-refractivity contribution in [3.05, 3.63) is 35.6 Å². The van der Waals surface area contributed by atoms with E-state index in [0.717, 1.165) is 0 Å². The van der Waals surface area contributed by atoms with Gasteiger partial charge in [0, 0.05) is 24.5 Å². The van der Waals surface area contributed by atoms with Crippen LogP contribution in [0.2, 0.25) is 5.02 Å². The molecule has 0 spiro atoms. The number of nitrogens with zero attached hydrogens (tertiary/aromatic N) is 2.